The lowest BCUT2D eigenvalue weighted by Crippen LogP contribution is -2.30. The number of amides is 2. The summed E-state index contributed by atoms with van der Waals surface area (Å²) in [5.41, 5.74) is 5.48. The molecule has 4 aromatic rings. The molecule has 7 nitrogen and oxygen atoms in total. The molecule has 1 aromatic carbocycles. The number of hydrogen-bond acceptors (Lipinski definition) is 6. The number of benzene rings is 1. The van der Waals surface area contributed by atoms with Gasteiger partial charge < -0.3 is 0 Å². The van der Waals surface area contributed by atoms with Crippen LogP contribution in [0.5, 0.6) is 0 Å². The Morgan fingerprint density at radius 1 is 0.658 bits per heavy atom. The van der Waals surface area contributed by atoms with E-state index in [4.69, 9.17) is 9.97 Å². The van der Waals surface area contributed by atoms with E-state index >= 15 is 0 Å². The Hall–Kier alpha value is -4.23. The second-order valence-corrected chi connectivity index (χ2v) is 10.0. The molecule has 0 N–H and O–H groups in total. The Labute approximate surface area is 223 Å². The zero-order valence-electron chi connectivity index (χ0n) is 21.7. The predicted octanol–water partition coefficient (Wildman–Crippen LogP) is 5.07. The first-order valence-electron chi connectivity index (χ1n) is 12.9. The highest BCUT2D eigenvalue weighted by Gasteiger charge is 2.35. The van der Waals surface area contributed by atoms with Gasteiger partial charge in [0, 0.05) is 31.5 Å². The molecule has 0 radical (unpaired) electrons. The maximum absolute atomic E-state index is 12.8. The van der Waals surface area contributed by atoms with Crippen LogP contribution in [0.1, 0.15) is 63.0 Å². The van der Waals surface area contributed by atoms with Crippen LogP contribution in [0, 0.1) is 5.92 Å². The fourth-order valence-corrected chi connectivity index (χ4v) is 4.75. The zero-order valence-corrected chi connectivity index (χ0v) is 21.7. The van der Waals surface area contributed by atoms with Crippen molar-refractivity contribution in [3.05, 3.63) is 125 Å². The molecule has 2 amide bonds. The summed E-state index contributed by atoms with van der Waals surface area (Å²) in [7, 11) is 0. The first kappa shape index (κ1) is 25.4. The number of aromatic nitrogens is 3. The second-order valence-electron chi connectivity index (χ2n) is 10.0. The number of imide groups is 1. The highest BCUT2D eigenvalue weighted by atomic mass is 16.2. The molecule has 192 valence electrons. The summed E-state index contributed by atoms with van der Waals surface area (Å²) in [5, 5.41) is 0. The average molecular weight is 506 g/mol. The molecule has 0 unspecified atom stereocenters. The molecule has 1 aliphatic rings. The van der Waals surface area contributed by atoms with Crippen LogP contribution in [0.15, 0.2) is 85.1 Å². The summed E-state index contributed by atoms with van der Waals surface area (Å²) >= 11 is 0. The molecule has 4 heterocycles. The first-order valence-corrected chi connectivity index (χ1v) is 12.9. The molecular formula is C31H31N5O2. The summed E-state index contributed by atoms with van der Waals surface area (Å²) in [6, 6.07) is 24.8. The quantitative estimate of drug-likeness (QED) is 0.280. The highest BCUT2D eigenvalue weighted by Crippen LogP contribution is 2.24. The van der Waals surface area contributed by atoms with Crippen LogP contribution >= 0.6 is 0 Å². The molecule has 38 heavy (non-hydrogen) atoms. The number of nitrogens with zero attached hydrogens (tertiary/aromatic N) is 5. The van der Waals surface area contributed by atoms with Gasteiger partial charge in [-0.3, -0.25) is 34.3 Å². The zero-order chi connectivity index (χ0) is 26.5. The third-order valence-corrected chi connectivity index (χ3v) is 6.43. The molecule has 0 atom stereocenters. The van der Waals surface area contributed by atoms with Crippen molar-refractivity contribution in [1.82, 2.24) is 24.8 Å². The fraction of sp³-hybridized carbons (Fsp3) is 0.258. The third kappa shape index (κ3) is 6.01. The van der Waals surface area contributed by atoms with Gasteiger partial charge in [0.1, 0.15) is 0 Å². The normalized spacial score (nSPS) is 13.0. The van der Waals surface area contributed by atoms with Crippen molar-refractivity contribution in [2.45, 2.75) is 46.4 Å². The molecule has 7 heteroatoms. The smallest absolute Gasteiger partial charge is 0.261 e. The Morgan fingerprint density at radius 2 is 1.18 bits per heavy atom. The van der Waals surface area contributed by atoms with Crippen LogP contribution in [0.3, 0.4) is 0 Å². The Bertz CT molecular complexity index is 1400. The van der Waals surface area contributed by atoms with Crippen LogP contribution in [0.2, 0.25) is 0 Å². The van der Waals surface area contributed by atoms with Gasteiger partial charge in [-0.25, -0.2) is 0 Å². The van der Waals surface area contributed by atoms with Gasteiger partial charge in [0.05, 0.1) is 40.4 Å². The van der Waals surface area contributed by atoms with Crippen molar-refractivity contribution < 1.29 is 9.59 Å². The maximum Gasteiger partial charge on any atom is 0.261 e. The summed E-state index contributed by atoms with van der Waals surface area (Å²) in [6.45, 7) is 6.39. The molecule has 5 rings (SSSR count). The SMILES string of the molecule is CC(C)Cc1cccc(CN(Cc2ccccn2)Cc2cccc(CN3C(=O)c4ccccc4C3=O)n2)n1. The Morgan fingerprint density at radius 3 is 1.79 bits per heavy atom. The lowest BCUT2D eigenvalue weighted by molar-refractivity contribution is 0.0640. The minimum Gasteiger partial charge on any atom is -0.286 e. The van der Waals surface area contributed by atoms with Gasteiger partial charge in [0.15, 0.2) is 0 Å². The molecule has 0 fully saturated rings. The molecule has 0 bridgehead atoms. The monoisotopic (exact) mass is 505 g/mol. The second kappa shape index (κ2) is 11.4. The highest BCUT2D eigenvalue weighted by molar-refractivity contribution is 6.21. The number of pyridine rings is 3. The number of hydrogen-bond donors (Lipinski definition) is 0. The van der Waals surface area contributed by atoms with E-state index in [1.165, 1.54) is 4.90 Å². The van der Waals surface area contributed by atoms with Gasteiger partial charge in [-0.1, -0.05) is 44.2 Å². The van der Waals surface area contributed by atoms with E-state index in [1.54, 1.807) is 30.5 Å². The molecule has 1 aliphatic heterocycles. The molecule has 0 spiro atoms. The van der Waals surface area contributed by atoms with Crippen molar-refractivity contribution >= 4 is 11.8 Å². The van der Waals surface area contributed by atoms with Gasteiger partial charge in [-0.05, 0) is 60.9 Å². The van der Waals surface area contributed by atoms with Gasteiger partial charge in [-0.2, -0.15) is 0 Å². The number of carbonyl (C=O) groups excluding carboxylic acids is 2. The lowest BCUT2D eigenvalue weighted by atomic mass is 10.1. The van der Waals surface area contributed by atoms with E-state index in [9.17, 15) is 9.59 Å². The Balaban J connectivity index is 1.34. The molecule has 0 saturated carbocycles. The number of rotatable bonds is 10. The summed E-state index contributed by atoms with van der Waals surface area (Å²) < 4.78 is 0. The lowest BCUT2D eigenvalue weighted by Gasteiger charge is -2.22. The van der Waals surface area contributed by atoms with E-state index in [-0.39, 0.29) is 18.4 Å². The van der Waals surface area contributed by atoms with Crippen molar-refractivity contribution in [3.63, 3.8) is 0 Å². The fourth-order valence-electron chi connectivity index (χ4n) is 4.75. The van der Waals surface area contributed by atoms with Crippen LogP contribution in [-0.4, -0.2) is 36.6 Å². The minimum absolute atomic E-state index is 0.138. The van der Waals surface area contributed by atoms with Crippen LogP contribution in [0.25, 0.3) is 0 Å². The van der Waals surface area contributed by atoms with E-state index in [1.807, 2.05) is 36.4 Å². The van der Waals surface area contributed by atoms with Crippen molar-refractivity contribution in [2.24, 2.45) is 5.92 Å². The summed E-state index contributed by atoms with van der Waals surface area (Å²) in [4.78, 5) is 43.4. The van der Waals surface area contributed by atoms with E-state index < -0.39 is 0 Å². The minimum atomic E-state index is -0.276. The van der Waals surface area contributed by atoms with Gasteiger partial charge in [0.25, 0.3) is 11.8 Å². The van der Waals surface area contributed by atoms with Crippen LogP contribution in [-0.2, 0) is 32.6 Å². The summed E-state index contributed by atoms with van der Waals surface area (Å²) in [5.74, 6) is -0.0136. The van der Waals surface area contributed by atoms with Crippen LogP contribution in [0.4, 0.5) is 0 Å². The van der Waals surface area contributed by atoms with Crippen molar-refractivity contribution in [3.8, 4) is 0 Å². The van der Waals surface area contributed by atoms with Crippen molar-refractivity contribution in [1.29, 1.82) is 0 Å². The van der Waals surface area contributed by atoms with Gasteiger partial charge in [0.2, 0.25) is 0 Å². The molecule has 3 aromatic heterocycles. The molecule has 0 saturated heterocycles. The van der Waals surface area contributed by atoms with Crippen molar-refractivity contribution in [2.75, 3.05) is 0 Å². The van der Waals surface area contributed by atoms with Gasteiger partial charge in [-0.15, -0.1) is 0 Å². The predicted molar refractivity (Wildman–Crippen MR) is 145 cm³/mol. The molecule has 0 aliphatic carbocycles. The maximum atomic E-state index is 12.8. The van der Waals surface area contributed by atoms with E-state index in [0.717, 1.165) is 29.2 Å². The number of carbonyl (C=O) groups is 2. The standard InChI is InChI=1S/C31H31N5O2/c1-22(2)17-23-10-7-11-25(33-23)19-35(18-24-9-5-6-16-32-24)20-26-12-8-13-27(34-26)21-36-30(37)28-14-3-4-15-29(28)31(36)38/h3-16,22H,17-21H2,1-2H3. The Kier molecular flexibility index (Phi) is 7.65. The third-order valence-electron chi connectivity index (χ3n) is 6.43. The van der Waals surface area contributed by atoms with Gasteiger partial charge >= 0.3 is 0 Å². The topological polar surface area (TPSA) is 79.3 Å². The largest absolute Gasteiger partial charge is 0.286 e. The van der Waals surface area contributed by atoms with Crippen LogP contribution < -0.4 is 0 Å². The summed E-state index contributed by atoms with van der Waals surface area (Å²) in [6.07, 6.45) is 2.74. The average Bonchev–Trinajstić information content (AvgIpc) is 3.14. The van der Waals surface area contributed by atoms with E-state index in [2.05, 4.69) is 41.9 Å². The molecular weight excluding hydrogens is 474 g/mol. The number of fused-ring (bicyclic) bond motifs is 1. The van der Waals surface area contributed by atoms with E-state index in [0.29, 0.717) is 42.4 Å². The first-order chi connectivity index (χ1) is 18.5.